The molecule has 0 spiro atoms. The summed E-state index contributed by atoms with van der Waals surface area (Å²) in [7, 11) is 0. The van der Waals surface area contributed by atoms with E-state index in [0.717, 1.165) is 25.7 Å². The fourth-order valence-corrected chi connectivity index (χ4v) is 1.97. The number of carbonyl (C=O) groups is 1. The van der Waals surface area contributed by atoms with Crippen molar-refractivity contribution in [3.63, 3.8) is 0 Å². The van der Waals surface area contributed by atoms with Crippen molar-refractivity contribution in [2.24, 2.45) is 10.8 Å². The summed E-state index contributed by atoms with van der Waals surface area (Å²) < 4.78 is 0. The average Bonchev–Trinajstić information content (AvgIpc) is 2.11. The van der Waals surface area contributed by atoms with Crippen molar-refractivity contribution in [3.8, 4) is 0 Å². The lowest BCUT2D eigenvalue weighted by molar-refractivity contribution is -0.151. The van der Waals surface area contributed by atoms with Crippen molar-refractivity contribution < 1.29 is 9.90 Å². The van der Waals surface area contributed by atoms with Gasteiger partial charge in [-0.05, 0) is 38.0 Å². The van der Waals surface area contributed by atoms with Crippen molar-refractivity contribution in [1.82, 2.24) is 0 Å². The summed E-state index contributed by atoms with van der Waals surface area (Å²) in [4.78, 5) is 11.0. The van der Waals surface area contributed by atoms with E-state index in [2.05, 4.69) is 13.8 Å². The van der Waals surface area contributed by atoms with E-state index in [0.29, 0.717) is 5.41 Å². The van der Waals surface area contributed by atoms with Crippen molar-refractivity contribution >= 4 is 5.97 Å². The second-order valence-corrected chi connectivity index (χ2v) is 5.03. The van der Waals surface area contributed by atoms with Gasteiger partial charge < -0.3 is 5.11 Å². The van der Waals surface area contributed by atoms with E-state index >= 15 is 0 Å². The van der Waals surface area contributed by atoms with Crippen molar-refractivity contribution in [1.29, 1.82) is 0 Å². The van der Waals surface area contributed by atoms with E-state index in [9.17, 15) is 4.79 Å². The molecule has 0 unspecified atom stereocenters. The highest BCUT2D eigenvalue weighted by Gasteiger charge is 2.41. The molecule has 1 saturated carbocycles. The van der Waals surface area contributed by atoms with Gasteiger partial charge in [-0.25, -0.2) is 0 Å². The molecule has 0 radical (unpaired) electrons. The Morgan fingerprint density at radius 2 is 1.69 bits per heavy atom. The first-order valence-corrected chi connectivity index (χ1v) is 5.15. The third-order valence-electron chi connectivity index (χ3n) is 3.93. The molecule has 0 amide bonds. The Kier molecular flexibility index (Phi) is 2.69. The normalized spacial score (nSPS) is 40.2. The summed E-state index contributed by atoms with van der Waals surface area (Å²) >= 11 is 0. The summed E-state index contributed by atoms with van der Waals surface area (Å²) in [6, 6.07) is 0. The van der Waals surface area contributed by atoms with Gasteiger partial charge >= 0.3 is 5.97 Å². The minimum absolute atomic E-state index is 0.398. The molecular formula is C11H20O2. The van der Waals surface area contributed by atoms with Gasteiger partial charge in [0.25, 0.3) is 0 Å². The lowest BCUT2D eigenvalue weighted by Crippen LogP contribution is -2.36. The van der Waals surface area contributed by atoms with Crippen LogP contribution in [0.15, 0.2) is 0 Å². The van der Waals surface area contributed by atoms with Gasteiger partial charge in [0.05, 0.1) is 5.41 Å². The van der Waals surface area contributed by atoms with Crippen LogP contribution in [0.2, 0.25) is 0 Å². The largest absolute Gasteiger partial charge is 0.481 e. The summed E-state index contributed by atoms with van der Waals surface area (Å²) in [6.45, 7) is 6.35. The molecule has 0 aromatic heterocycles. The van der Waals surface area contributed by atoms with Gasteiger partial charge in [-0.3, -0.25) is 4.79 Å². The fourth-order valence-electron chi connectivity index (χ4n) is 1.97. The van der Waals surface area contributed by atoms with Gasteiger partial charge in [-0.2, -0.15) is 0 Å². The Morgan fingerprint density at radius 3 is 2.00 bits per heavy atom. The Morgan fingerprint density at radius 1 is 1.23 bits per heavy atom. The number of aliphatic carboxylic acids is 1. The van der Waals surface area contributed by atoms with Crippen LogP contribution in [-0.4, -0.2) is 11.1 Å². The lowest BCUT2D eigenvalue weighted by Gasteiger charge is -2.40. The lowest BCUT2D eigenvalue weighted by atomic mass is 9.64. The van der Waals surface area contributed by atoms with Gasteiger partial charge in [0.2, 0.25) is 0 Å². The Hall–Kier alpha value is -0.530. The van der Waals surface area contributed by atoms with Gasteiger partial charge in [-0.1, -0.05) is 20.3 Å². The maximum Gasteiger partial charge on any atom is 0.309 e. The Bertz CT molecular complexity index is 200. The maximum atomic E-state index is 11.0. The average molecular weight is 184 g/mol. The maximum absolute atomic E-state index is 11.0. The van der Waals surface area contributed by atoms with E-state index in [-0.39, 0.29) is 0 Å². The molecule has 0 heterocycles. The summed E-state index contributed by atoms with van der Waals surface area (Å²) in [5, 5.41) is 9.04. The number of carboxylic acids is 1. The third kappa shape index (κ3) is 2.04. The molecular weight excluding hydrogens is 164 g/mol. The predicted molar refractivity (Wildman–Crippen MR) is 52.6 cm³/mol. The van der Waals surface area contributed by atoms with Crippen LogP contribution >= 0.6 is 0 Å². The first-order valence-electron chi connectivity index (χ1n) is 5.15. The van der Waals surface area contributed by atoms with E-state index in [1.807, 2.05) is 6.92 Å². The Balaban J connectivity index is 2.61. The number of carboxylic acid groups (broad SMARTS) is 1. The fraction of sp³-hybridized carbons (Fsp3) is 0.909. The van der Waals surface area contributed by atoms with Crippen molar-refractivity contribution in [3.05, 3.63) is 0 Å². The zero-order valence-corrected chi connectivity index (χ0v) is 8.89. The smallest absolute Gasteiger partial charge is 0.309 e. The van der Waals surface area contributed by atoms with Crippen LogP contribution in [0.5, 0.6) is 0 Å². The molecule has 0 saturated heterocycles. The molecule has 0 aliphatic heterocycles. The Labute approximate surface area is 80.3 Å². The summed E-state index contributed by atoms with van der Waals surface area (Å²) in [5.74, 6) is -0.620. The quantitative estimate of drug-likeness (QED) is 0.716. The summed E-state index contributed by atoms with van der Waals surface area (Å²) in [6.07, 6.45) is 4.97. The summed E-state index contributed by atoms with van der Waals surface area (Å²) in [5.41, 5.74) is -0.0519. The molecule has 76 valence electrons. The number of hydrogen-bond acceptors (Lipinski definition) is 1. The first kappa shape index (κ1) is 10.6. The van der Waals surface area contributed by atoms with Crippen molar-refractivity contribution in [2.75, 3.05) is 0 Å². The highest BCUT2D eigenvalue weighted by atomic mass is 16.4. The SMILES string of the molecule is CCC1(C)CCC(C)(C(=O)O)CC1. The van der Waals surface area contributed by atoms with Crippen LogP contribution in [0.3, 0.4) is 0 Å². The minimum Gasteiger partial charge on any atom is -0.481 e. The molecule has 1 aliphatic carbocycles. The van der Waals surface area contributed by atoms with Gasteiger partial charge in [0.1, 0.15) is 0 Å². The topological polar surface area (TPSA) is 37.3 Å². The standard InChI is InChI=1S/C11H20O2/c1-4-10(2)5-7-11(3,8-6-10)9(12)13/h4-8H2,1-3H3,(H,12,13). The molecule has 1 rings (SSSR count). The monoisotopic (exact) mass is 184 g/mol. The first-order chi connectivity index (χ1) is 5.92. The van der Waals surface area contributed by atoms with E-state index in [4.69, 9.17) is 5.11 Å². The molecule has 0 aromatic carbocycles. The molecule has 1 N–H and O–H groups in total. The zero-order chi connectivity index (χ0) is 10.1. The zero-order valence-electron chi connectivity index (χ0n) is 8.89. The molecule has 0 bridgehead atoms. The van der Waals surface area contributed by atoms with Gasteiger partial charge in [0.15, 0.2) is 0 Å². The van der Waals surface area contributed by atoms with E-state index in [1.54, 1.807) is 0 Å². The van der Waals surface area contributed by atoms with Crippen molar-refractivity contribution in [2.45, 2.75) is 52.9 Å². The van der Waals surface area contributed by atoms with Crippen LogP contribution in [0.1, 0.15) is 52.9 Å². The molecule has 0 atom stereocenters. The van der Waals surface area contributed by atoms with E-state index < -0.39 is 11.4 Å². The van der Waals surface area contributed by atoms with E-state index in [1.165, 1.54) is 6.42 Å². The molecule has 1 aliphatic rings. The van der Waals surface area contributed by atoms with Gasteiger partial charge in [-0.15, -0.1) is 0 Å². The van der Waals surface area contributed by atoms with Gasteiger partial charge in [0, 0.05) is 0 Å². The minimum atomic E-state index is -0.620. The number of hydrogen-bond donors (Lipinski definition) is 1. The van der Waals surface area contributed by atoms with Crippen LogP contribution in [0, 0.1) is 10.8 Å². The second-order valence-electron chi connectivity index (χ2n) is 5.03. The molecule has 13 heavy (non-hydrogen) atoms. The predicted octanol–water partition coefficient (Wildman–Crippen LogP) is 3.07. The van der Waals surface area contributed by atoms with Crippen LogP contribution in [0.25, 0.3) is 0 Å². The van der Waals surface area contributed by atoms with Crippen LogP contribution in [-0.2, 0) is 4.79 Å². The van der Waals surface area contributed by atoms with Crippen LogP contribution < -0.4 is 0 Å². The molecule has 1 fully saturated rings. The van der Waals surface area contributed by atoms with Crippen LogP contribution in [0.4, 0.5) is 0 Å². The molecule has 2 heteroatoms. The highest BCUT2D eigenvalue weighted by molar-refractivity contribution is 5.74. The second kappa shape index (κ2) is 3.32. The molecule has 2 nitrogen and oxygen atoms in total. The highest BCUT2D eigenvalue weighted by Crippen LogP contribution is 2.46. The number of rotatable bonds is 2. The molecule has 0 aromatic rings. The third-order valence-corrected chi connectivity index (χ3v) is 3.93.